The zero-order valence-electron chi connectivity index (χ0n) is 17.3. The van der Waals surface area contributed by atoms with Crippen molar-refractivity contribution in [1.82, 2.24) is 15.2 Å². The number of rotatable bonds is 4. The first-order valence-electron chi connectivity index (χ1n) is 10.1. The van der Waals surface area contributed by atoms with Crippen LogP contribution in [0.25, 0.3) is 10.8 Å². The number of hydrogen-bond acceptors (Lipinski definition) is 4. The van der Waals surface area contributed by atoms with Gasteiger partial charge in [-0.3, -0.25) is 19.7 Å². The summed E-state index contributed by atoms with van der Waals surface area (Å²) in [6.07, 6.45) is 2.04. The lowest BCUT2D eigenvalue weighted by molar-refractivity contribution is -0.135. The van der Waals surface area contributed by atoms with Crippen molar-refractivity contribution in [2.45, 2.75) is 32.4 Å². The molecule has 2 heterocycles. The van der Waals surface area contributed by atoms with Gasteiger partial charge in [0.2, 0.25) is 11.8 Å². The first-order chi connectivity index (χ1) is 15.3. The van der Waals surface area contributed by atoms with Gasteiger partial charge in [-0.15, -0.1) is 0 Å². The van der Waals surface area contributed by atoms with E-state index in [1.54, 1.807) is 42.6 Å². The maximum absolute atomic E-state index is 13.0. The van der Waals surface area contributed by atoms with Gasteiger partial charge in [0.15, 0.2) is 0 Å². The van der Waals surface area contributed by atoms with Crippen molar-refractivity contribution in [2.24, 2.45) is 0 Å². The maximum Gasteiger partial charge on any atom is 0.319 e. The van der Waals surface area contributed by atoms with Gasteiger partial charge >= 0.3 is 6.03 Å². The third-order valence-electron chi connectivity index (χ3n) is 5.41. The number of piperidine rings is 1. The number of fused-ring (bicyclic) bond motifs is 1. The van der Waals surface area contributed by atoms with E-state index in [1.807, 2.05) is 13.0 Å². The van der Waals surface area contributed by atoms with Crippen LogP contribution >= 0.6 is 11.6 Å². The van der Waals surface area contributed by atoms with E-state index in [-0.39, 0.29) is 36.9 Å². The van der Waals surface area contributed by atoms with Crippen LogP contribution in [-0.4, -0.2) is 22.4 Å². The first kappa shape index (κ1) is 21.6. The molecule has 4 rings (SSSR count). The summed E-state index contributed by atoms with van der Waals surface area (Å²) in [5.41, 5.74) is 1.89. The van der Waals surface area contributed by atoms with Crippen LogP contribution in [0.4, 0.5) is 10.5 Å². The van der Waals surface area contributed by atoms with Gasteiger partial charge in [-0.25, -0.2) is 4.79 Å². The second kappa shape index (κ2) is 8.84. The number of aromatic nitrogens is 1. The number of hydrogen-bond donors (Lipinski definition) is 3. The third kappa shape index (κ3) is 4.50. The Morgan fingerprint density at radius 2 is 1.97 bits per heavy atom. The molecule has 0 aliphatic carbocycles. The summed E-state index contributed by atoms with van der Waals surface area (Å²) in [7, 11) is 0. The molecule has 1 aliphatic heterocycles. The fourth-order valence-electron chi connectivity index (χ4n) is 3.68. The molecular weight excluding hydrogens is 432 g/mol. The van der Waals surface area contributed by atoms with Crippen LogP contribution < -0.4 is 21.5 Å². The molecule has 8 nitrogen and oxygen atoms in total. The average molecular weight is 453 g/mol. The molecule has 1 aliphatic rings. The SMILES string of the molecule is Cc1cc(NC(=O)NCc2ccc3ccn(C4CCC(=O)NC4=O)c(=O)c3c2)ccc1Cl. The van der Waals surface area contributed by atoms with Gasteiger partial charge in [0.1, 0.15) is 6.04 Å². The van der Waals surface area contributed by atoms with Crippen LogP contribution in [0.2, 0.25) is 5.02 Å². The van der Waals surface area contributed by atoms with E-state index >= 15 is 0 Å². The molecule has 1 unspecified atom stereocenters. The lowest BCUT2D eigenvalue weighted by Gasteiger charge is -2.23. The normalized spacial score (nSPS) is 16.0. The largest absolute Gasteiger partial charge is 0.334 e. The minimum Gasteiger partial charge on any atom is -0.334 e. The fraction of sp³-hybridized carbons (Fsp3) is 0.217. The Labute approximate surface area is 188 Å². The van der Waals surface area contributed by atoms with Gasteiger partial charge in [0.25, 0.3) is 5.56 Å². The number of aryl methyl sites for hydroxylation is 1. The molecule has 1 atom stereocenters. The minimum absolute atomic E-state index is 0.188. The van der Waals surface area contributed by atoms with Crippen molar-refractivity contribution in [1.29, 1.82) is 0 Å². The van der Waals surface area contributed by atoms with Crippen LogP contribution in [-0.2, 0) is 16.1 Å². The van der Waals surface area contributed by atoms with E-state index in [1.165, 1.54) is 4.57 Å². The molecule has 0 saturated carbocycles. The smallest absolute Gasteiger partial charge is 0.319 e. The Hall–Kier alpha value is -3.65. The number of amides is 4. The van der Waals surface area contributed by atoms with Crippen molar-refractivity contribution < 1.29 is 14.4 Å². The van der Waals surface area contributed by atoms with Gasteiger partial charge in [0.05, 0.1) is 0 Å². The molecule has 0 spiro atoms. The van der Waals surface area contributed by atoms with Crippen molar-refractivity contribution in [2.75, 3.05) is 5.32 Å². The zero-order valence-corrected chi connectivity index (χ0v) is 18.0. The van der Waals surface area contributed by atoms with Crippen molar-refractivity contribution >= 4 is 45.9 Å². The Balaban J connectivity index is 1.50. The molecule has 0 bridgehead atoms. The van der Waals surface area contributed by atoms with Crippen molar-refractivity contribution in [3.63, 3.8) is 0 Å². The quantitative estimate of drug-likeness (QED) is 0.528. The summed E-state index contributed by atoms with van der Waals surface area (Å²) >= 11 is 6.00. The minimum atomic E-state index is -0.722. The number of imide groups is 1. The van der Waals surface area contributed by atoms with Gasteiger partial charge in [-0.05, 0) is 60.2 Å². The van der Waals surface area contributed by atoms with Crippen LogP contribution in [0.15, 0.2) is 53.5 Å². The highest BCUT2D eigenvalue weighted by molar-refractivity contribution is 6.31. The van der Waals surface area contributed by atoms with E-state index < -0.39 is 11.9 Å². The second-order valence-corrected chi connectivity index (χ2v) is 8.10. The molecule has 3 N–H and O–H groups in total. The number of carbonyl (C=O) groups is 3. The van der Waals surface area contributed by atoms with Crippen LogP contribution in [0, 0.1) is 6.92 Å². The third-order valence-corrected chi connectivity index (χ3v) is 5.84. The molecule has 1 saturated heterocycles. The number of nitrogens with zero attached hydrogens (tertiary/aromatic N) is 1. The van der Waals surface area contributed by atoms with Gasteiger partial charge in [0, 0.05) is 35.3 Å². The number of anilines is 1. The highest BCUT2D eigenvalue weighted by Gasteiger charge is 2.28. The fourth-order valence-corrected chi connectivity index (χ4v) is 3.80. The molecule has 1 aromatic heterocycles. The zero-order chi connectivity index (χ0) is 22.8. The van der Waals surface area contributed by atoms with Gasteiger partial charge < -0.3 is 15.2 Å². The molecule has 2 aromatic carbocycles. The predicted molar refractivity (Wildman–Crippen MR) is 122 cm³/mol. The number of benzene rings is 2. The van der Waals surface area contributed by atoms with Gasteiger partial charge in [-0.1, -0.05) is 23.7 Å². The standard InChI is InChI=1S/C23H21ClN4O4/c1-13-10-16(4-5-18(13)24)26-23(32)25-12-14-2-3-15-8-9-28(22(31)17(15)11-14)19-6-7-20(29)27-21(19)30/h2-5,8-11,19H,6-7,12H2,1H3,(H2,25,26,32)(H,27,29,30). The summed E-state index contributed by atoms with van der Waals surface area (Å²) in [6, 6.07) is 11.2. The van der Waals surface area contributed by atoms with Crippen LogP contribution in [0.1, 0.15) is 30.0 Å². The topological polar surface area (TPSA) is 109 Å². The Bertz CT molecular complexity index is 1300. The highest BCUT2D eigenvalue weighted by Crippen LogP contribution is 2.20. The summed E-state index contributed by atoms with van der Waals surface area (Å²) in [4.78, 5) is 48.9. The van der Waals surface area contributed by atoms with Crippen molar-refractivity contribution in [3.05, 3.63) is 75.2 Å². The number of nitrogens with one attached hydrogen (secondary N) is 3. The van der Waals surface area contributed by atoms with Gasteiger partial charge in [-0.2, -0.15) is 0 Å². The van der Waals surface area contributed by atoms with E-state index in [9.17, 15) is 19.2 Å². The molecule has 1 fully saturated rings. The number of urea groups is 1. The Morgan fingerprint density at radius 1 is 1.16 bits per heavy atom. The molecule has 3 aromatic rings. The summed E-state index contributed by atoms with van der Waals surface area (Å²) in [6.45, 7) is 2.06. The maximum atomic E-state index is 13.0. The summed E-state index contributed by atoms with van der Waals surface area (Å²) in [5.74, 6) is -0.810. The molecule has 0 radical (unpaired) electrons. The van der Waals surface area contributed by atoms with E-state index in [4.69, 9.17) is 11.6 Å². The molecule has 4 amide bonds. The summed E-state index contributed by atoms with van der Waals surface area (Å²) in [5, 5.41) is 9.56. The highest BCUT2D eigenvalue weighted by atomic mass is 35.5. The number of carbonyl (C=O) groups excluding carboxylic acids is 3. The van der Waals surface area contributed by atoms with Crippen LogP contribution in [0.5, 0.6) is 0 Å². The number of halogens is 1. The van der Waals surface area contributed by atoms with E-state index in [0.29, 0.717) is 16.1 Å². The molecular formula is C23H21ClN4O4. The molecule has 9 heteroatoms. The Morgan fingerprint density at radius 3 is 2.72 bits per heavy atom. The average Bonchev–Trinajstić information content (AvgIpc) is 2.76. The summed E-state index contributed by atoms with van der Waals surface area (Å²) < 4.78 is 1.36. The van der Waals surface area contributed by atoms with Crippen molar-refractivity contribution in [3.8, 4) is 0 Å². The number of pyridine rings is 1. The van der Waals surface area contributed by atoms with Crippen LogP contribution in [0.3, 0.4) is 0 Å². The lowest BCUT2D eigenvalue weighted by atomic mass is 10.0. The first-order valence-corrected chi connectivity index (χ1v) is 10.5. The molecule has 164 valence electrons. The van der Waals surface area contributed by atoms with E-state index in [2.05, 4.69) is 16.0 Å². The predicted octanol–water partition coefficient (Wildman–Crippen LogP) is 3.26. The van der Waals surface area contributed by atoms with E-state index in [0.717, 1.165) is 16.5 Å². The Kier molecular flexibility index (Phi) is 5.96. The second-order valence-electron chi connectivity index (χ2n) is 7.69. The molecule has 32 heavy (non-hydrogen) atoms. The lowest BCUT2D eigenvalue weighted by Crippen LogP contribution is -2.44. The monoisotopic (exact) mass is 452 g/mol.